The van der Waals surface area contributed by atoms with Crippen molar-refractivity contribution in [2.75, 3.05) is 17.2 Å². The van der Waals surface area contributed by atoms with Crippen LogP contribution in [0.4, 0.5) is 15.3 Å². The lowest BCUT2D eigenvalue weighted by molar-refractivity contribution is -0.385. The van der Waals surface area contributed by atoms with Crippen LogP contribution in [0.3, 0.4) is 0 Å². The minimum atomic E-state index is -4.66. The lowest BCUT2D eigenvalue weighted by atomic mass is 10.1. The SMILES string of the molecule is Cc1c(N2CC(CS(=O)(=O)F)CC2=O)cccc1[N+](=O)[O-]. The maximum absolute atomic E-state index is 12.7. The highest BCUT2D eigenvalue weighted by molar-refractivity contribution is 7.86. The molecule has 0 aromatic heterocycles. The van der Waals surface area contributed by atoms with Crippen LogP contribution in [-0.2, 0) is 15.0 Å². The van der Waals surface area contributed by atoms with Gasteiger partial charge in [0.1, 0.15) is 0 Å². The van der Waals surface area contributed by atoms with E-state index in [9.17, 15) is 27.2 Å². The van der Waals surface area contributed by atoms with Crippen molar-refractivity contribution >= 4 is 27.5 Å². The van der Waals surface area contributed by atoms with Gasteiger partial charge in [-0.05, 0) is 13.0 Å². The van der Waals surface area contributed by atoms with Crippen LogP contribution in [0, 0.1) is 23.0 Å². The van der Waals surface area contributed by atoms with Gasteiger partial charge in [-0.1, -0.05) is 6.07 Å². The molecular formula is C12H13FN2O5S. The molecule has 1 aliphatic heterocycles. The van der Waals surface area contributed by atoms with Crippen LogP contribution in [-0.4, -0.2) is 31.5 Å². The van der Waals surface area contributed by atoms with Gasteiger partial charge in [-0.15, -0.1) is 3.89 Å². The molecule has 1 heterocycles. The van der Waals surface area contributed by atoms with Gasteiger partial charge in [-0.25, -0.2) is 0 Å². The minimum Gasteiger partial charge on any atom is -0.312 e. The van der Waals surface area contributed by atoms with Crippen molar-refractivity contribution in [3.63, 3.8) is 0 Å². The van der Waals surface area contributed by atoms with Crippen LogP contribution in [0.2, 0.25) is 0 Å². The van der Waals surface area contributed by atoms with E-state index >= 15 is 0 Å². The number of hydrogen-bond acceptors (Lipinski definition) is 5. The highest BCUT2D eigenvalue weighted by atomic mass is 32.3. The van der Waals surface area contributed by atoms with Crippen LogP contribution < -0.4 is 4.90 Å². The smallest absolute Gasteiger partial charge is 0.302 e. The van der Waals surface area contributed by atoms with Gasteiger partial charge in [0.2, 0.25) is 5.91 Å². The number of carbonyl (C=O) groups is 1. The first kappa shape index (κ1) is 15.4. The molecule has 1 aliphatic rings. The Hall–Kier alpha value is -2.03. The first-order valence-corrected chi connectivity index (χ1v) is 7.71. The van der Waals surface area contributed by atoms with Gasteiger partial charge in [0, 0.05) is 24.9 Å². The Morgan fingerprint density at radius 3 is 2.71 bits per heavy atom. The molecule has 1 saturated heterocycles. The van der Waals surface area contributed by atoms with Crippen molar-refractivity contribution in [3.8, 4) is 0 Å². The number of hydrogen-bond donors (Lipinski definition) is 0. The monoisotopic (exact) mass is 316 g/mol. The fourth-order valence-electron chi connectivity index (χ4n) is 2.51. The summed E-state index contributed by atoms with van der Waals surface area (Å²) in [6.45, 7) is 1.55. The number of benzene rings is 1. The van der Waals surface area contributed by atoms with Crippen molar-refractivity contribution < 1.29 is 22.0 Å². The Labute approximate surface area is 120 Å². The fourth-order valence-corrected chi connectivity index (χ4v) is 3.30. The number of anilines is 1. The van der Waals surface area contributed by atoms with E-state index in [2.05, 4.69) is 0 Å². The molecular weight excluding hydrogens is 303 g/mol. The van der Waals surface area contributed by atoms with Gasteiger partial charge < -0.3 is 4.90 Å². The summed E-state index contributed by atoms with van der Waals surface area (Å²) in [6, 6.07) is 4.32. The summed E-state index contributed by atoms with van der Waals surface area (Å²) in [5, 5.41) is 10.9. The summed E-state index contributed by atoms with van der Waals surface area (Å²) in [5.41, 5.74) is 0.550. The van der Waals surface area contributed by atoms with Gasteiger partial charge in [0.25, 0.3) is 5.69 Å². The molecule has 2 rings (SSSR count). The molecule has 0 saturated carbocycles. The molecule has 1 aromatic rings. The van der Waals surface area contributed by atoms with Gasteiger partial charge >= 0.3 is 10.2 Å². The minimum absolute atomic E-state index is 0.0317. The van der Waals surface area contributed by atoms with Gasteiger partial charge in [-0.3, -0.25) is 14.9 Å². The number of nitrogens with zero attached hydrogens (tertiary/aromatic N) is 2. The van der Waals surface area contributed by atoms with E-state index in [-0.39, 0.29) is 24.6 Å². The van der Waals surface area contributed by atoms with Crippen LogP contribution in [0.15, 0.2) is 18.2 Å². The third kappa shape index (κ3) is 3.35. The average Bonchev–Trinajstić information content (AvgIpc) is 2.67. The third-order valence-corrected chi connectivity index (χ3v) is 4.27. The third-order valence-electron chi connectivity index (χ3n) is 3.40. The molecule has 0 spiro atoms. The molecule has 0 radical (unpaired) electrons. The Balaban J connectivity index is 2.29. The van der Waals surface area contributed by atoms with E-state index in [1.807, 2.05) is 0 Å². The zero-order valence-electron chi connectivity index (χ0n) is 11.2. The molecule has 21 heavy (non-hydrogen) atoms. The standard InChI is InChI=1S/C12H13FN2O5S/c1-8-10(3-2-4-11(8)15(17)18)14-6-9(5-12(14)16)7-21(13,19)20/h2-4,9H,5-7H2,1H3. The van der Waals surface area contributed by atoms with Crippen LogP contribution in [0.1, 0.15) is 12.0 Å². The maximum Gasteiger partial charge on any atom is 0.302 e. The second kappa shape index (κ2) is 5.40. The maximum atomic E-state index is 12.7. The van der Waals surface area contributed by atoms with Crippen molar-refractivity contribution in [3.05, 3.63) is 33.9 Å². The van der Waals surface area contributed by atoms with E-state index in [4.69, 9.17) is 0 Å². The van der Waals surface area contributed by atoms with Crippen LogP contribution in [0.25, 0.3) is 0 Å². The number of carbonyl (C=O) groups excluding carboxylic acids is 1. The predicted octanol–water partition coefficient (Wildman–Crippen LogP) is 1.56. The van der Waals surface area contributed by atoms with Crippen molar-refractivity contribution in [1.82, 2.24) is 0 Å². The topological polar surface area (TPSA) is 97.6 Å². The van der Waals surface area contributed by atoms with Gasteiger partial charge in [0.15, 0.2) is 0 Å². The highest BCUT2D eigenvalue weighted by Crippen LogP contribution is 2.32. The number of nitro groups is 1. The lowest BCUT2D eigenvalue weighted by Crippen LogP contribution is -2.26. The Morgan fingerprint density at radius 1 is 1.48 bits per heavy atom. The van der Waals surface area contributed by atoms with Gasteiger partial charge in [-0.2, -0.15) is 8.42 Å². The molecule has 0 N–H and O–H groups in total. The predicted molar refractivity (Wildman–Crippen MR) is 73.2 cm³/mol. The first-order chi connectivity index (χ1) is 9.69. The molecule has 1 aromatic carbocycles. The number of halogens is 1. The lowest BCUT2D eigenvalue weighted by Gasteiger charge is -2.18. The Kier molecular flexibility index (Phi) is 3.95. The van der Waals surface area contributed by atoms with Gasteiger partial charge in [0.05, 0.1) is 21.9 Å². The molecule has 0 aliphatic carbocycles. The second-order valence-electron chi connectivity index (χ2n) is 4.96. The number of amides is 1. The molecule has 7 nitrogen and oxygen atoms in total. The summed E-state index contributed by atoms with van der Waals surface area (Å²) < 4.78 is 34.0. The second-order valence-corrected chi connectivity index (χ2v) is 6.37. The summed E-state index contributed by atoms with van der Waals surface area (Å²) in [5.74, 6) is -1.73. The molecule has 9 heteroatoms. The van der Waals surface area contributed by atoms with Crippen molar-refractivity contribution in [1.29, 1.82) is 0 Å². The number of rotatable bonds is 4. The highest BCUT2D eigenvalue weighted by Gasteiger charge is 2.35. The summed E-state index contributed by atoms with van der Waals surface area (Å²) in [6.07, 6.45) is -0.0920. The fraction of sp³-hybridized carbons (Fsp3) is 0.417. The quantitative estimate of drug-likeness (QED) is 0.477. The largest absolute Gasteiger partial charge is 0.312 e. The zero-order chi connectivity index (χ0) is 15.8. The van der Waals surface area contributed by atoms with E-state index in [1.54, 1.807) is 6.07 Å². The molecule has 1 atom stereocenters. The average molecular weight is 316 g/mol. The molecule has 1 amide bonds. The molecule has 0 bridgehead atoms. The van der Waals surface area contributed by atoms with E-state index in [1.165, 1.54) is 24.0 Å². The number of nitro benzene ring substituents is 1. The normalized spacial score (nSPS) is 19.0. The van der Waals surface area contributed by atoms with Crippen LogP contribution in [0.5, 0.6) is 0 Å². The summed E-state index contributed by atoms with van der Waals surface area (Å²) >= 11 is 0. The van der Waals surface area contributed by atoms with E-state index in [0.29, 0.717) is 11.3 Å². The molecule has 114 valence electrons. The van der Waals surface area contributed by atoms with E-state index in [0.717, 1.165) is 0 Å². The van der Waals surface area contributed by atoms with Crippen LogP contribution >= 0.6 is 0 Å². The zero-order valence-corrected chi connectivity index (χ0v) is 12.0. The first-order valence-electron chi connectivity index (χ1n) is 6.15. The summed E-state index contributed by atoms with van der Waals surface area (Å²) in [4.78, 5) is 23.6. The van der Waals surface area contributed by atoms with Crippen molar-refractivity contribution in [2.45, 2.75) is 13.3 Å². The van der Waals surface area contributed by atoms with E-state index < -0.39 is 26.8 Å². The Morgan fingerprint density at radius 2 is 2.14 bits per heavy atom. The summed E-state index contributed by atoms with van der Waals surface area (Å²) in [7, 11) is -4.66. The Bertz CT molecular complexity index is 704. The van der Waals surface area contributed by atoms with Crippen molar-refractivity contribution in [2.24, 2.45) is 5.92 Å². The molecule has 1 fully saturated rings. The molecule has 1 unspecified atom stereocenters.